The first kappa shape index (κ1) is 17.9. The fraction of sp³-hybridized carbons (Fsp3) is 0.318. The van der Waals surface area contributed by atoms with Gasteiger partial charge in [-0.2, -0.15) is 0 Å². The first-order chi connectivity index (χ1) is 14.3. The maximum atomic E-state index is 13.0. The van der Waals surface area contributed by atoms with Crippen LogP contribution < -0.4 is 4.74 Å². The summed E-state index contributed by atoms with van der Waals surface area (Å²) in [6.07, 6.45) is 0.889. The number of aromatic nitrogens is 3. The van der Waals surface area contributed by atoms with Crippen molar-refractivity contribution in [2.75, 3.05) is 13.2 Å². The fourth-order valence-electron chi connectivity index (χ4n) is 3.88. The summed E-state index contributed by atoms with van der Waals surface area (Å²) in [5, 5.41) is 8.34. The molecule has 0 aliphatic carbocycles. The van der Waals surface area contributed by atoms with Crippen LogP contribution in [0.25, 0.3) is 0 Å². The Morgan fingerprint density at radius 3 is 2.90 bits per heavy atom. The standard InChI is InChI=1S/C22H22N4O3/c27-22(25-9-8-16-4-1-2-5-18(16)13-25)17-6-3-7-19(12-17)29-15-21-24-23-20-14-28-11-10-26(20)21/h1-7,12H,8-11,13-15H2. The van der Waals surface area contributed by atoms with Crippen LogP contribution >= 0.6 is 0 Å². The van der Waals surface area contributed by atoms with Crippen molar-refractivity contribution in [3.05, 3.63) is 76.9 Å². The Morgan fingerprint density at radius 1 is 1.07 bits per heavy atom. The van der Waals surface area contributed by atoms with Crippen LogP contribution in [0.2, 0.25) is 0 Å². The monoisotopic (exact) mass is 390 g/mol. The molecule has 148 valence electrons. The lowest BCUT2D eigenvalue weighted by Gasteiger charge is -2.29. The average molecular weight is 390 g/mol. The molecule has 0 unspecified atom stereocenters. The van der Waals surface area contributed by atoms with E-state index in [-0.39, 0.29) is 5.91 Å². The molecule has 3 aromatic rings. The molecule has 7 nitrogen and oxygen atoms in total. The number of carbonyl (C=O) groups is 1. The van der Waals surface area contributed by atoms with Gasteiger partial charge in [0.05, 0.1) is 6.61 Å². The summed E-state index contributed by atoms with van der Waals surface area (Å²) >= 11 is 0. The summed E-state index contributed by atoms with van der Waals surface area (Å²) in [5.41, 5.74) is 3.19. The summed E-state index contributed by atoms with van der Waals surface area (Å²) in [6.45, 7) is 3.55. The largest absolute Gasteiger partial charge is 0.486 e. The van der Waals surface area contributed by atoms with Gasteiger partial charge in [-0.05, 0) is 35.7 Å². The van der Waals surface area contributed by atoms with Crippen LogP contribution in [0, 0.1) is 0 Å². The van der Waals surface area contributed by atoms with Crippen molar-refractivity contribution < 1.29 is 14.3 Å². The number of ether oxygens (including phenoxy) is 2. The van der Waals surface area contributed by atoms with Gasteiger partial charge in [-0.15, -0.1) is 10.2 Å². The predicted molar refractivity (Wildman–Crippen MR) is 105 cm³/mol. The molecule has 0 spiro atoms. The Morgan fingerprint density at radius 2 is 1.97 bits per heavy atom. The highest BCUT2D eigenvalue weighted by atomic mass is 16.5. The number of nitrogens with zero attached hydrogens (tertiary/aromatic N) is 4. The third-order valence-corrected chi connectivity index (χ3v) is 5.46. The molecule has 0 radical (unpaired) electrons. The molecule has 7 heteroatoms. The van der Waals surface area contributed by atoms with Crippen LogP contribution in [0.1, 0.15) is 33.1 Å². The molecular weight excluding hydrogens is 368 g/mol. The molecule has 0 saturated carbocycles. The van der Waals surface area contributed by atoms with Crippen LogP contribution in [0.15, 0.2) is 48.5 Å². The van der Waals surface area contributed by atoms with Crippen LogP contribution in [0.5, 0.6) is 5.75 Å². The molecule has 29 heavy (non-hydrogen) atoms. The highest BCUT2D eigenvalue weighted by Crippen LogP contribution is 2.22. The second-order valence-corrected chi connectivity index (χ2v) is 7.30. The highest BCUT2D eigenvalue weighted by molar-refractivity contribution is 5.94. The fourth-order valence-corrected chi connectivity index (χ4v) is 3.88. The van der Waals surface area contributed by atoms with E-state index in [0.717, 1.165) is 31.2 Å². The SMILES string of the molecule is O=C(c1cccc(OCc2nnc3n2CCOC3)c1)N1CCc2ccccc2C1. The molecule has 3 heterocycles. The molecule has 0 N–H and O–H groups in total. The van der Waals surface area contributed by atoms with E-state index in [1.807, 2.05) is 33.7 Å². The quantitative estimate of drug-likeness (QED) is 0.685. The zero-order valence-electron chi connectivity index (χ0n) is 16.1. The van der Waals surface area contributed by atoms with Crippen molar-refractivity contribution in [3.63, 3.8) is 0 Å². The Bertz CT molecular complexity index is 1050. The molecule has 0 bridgehead atoms. The van der Waals surface area contributed by atoms with Crippen molar-refractivity contribution in [1.29, 1.82) is 0 Å². The van der Waals surface area contributed by atoms with Gasteiger partial charge < -0.3 is 18.9 Å². The van der Waals surface area contributed by atoms with Gasteiger partial charge in [-0.3, -0.25) is 4.79 Å². The summed E-state index contributed by atoms with van der Waals surface area (Å²) in [6, 6.07) is 15.7. The second-order valence-electron chi connectivity index (χ2n) is 7.30. The Hall–Kier alpha value is -3.19. The summed E-state index contributed by atoms with van der Waals surface area (Å²) in [4.78, 5) is 14.9. The minimum atomic E-state index is 0.0296. The molecule has 0 atom stereocenters. The topological polar surface area (TPSA) is 69.5 Å². The van der Waals surface area contributed by atoms with E-state index in [1.165, 1.54) is 11.1 Å². The number of benzene rings is 2. The molecule has 1 amide bonds. The third-order valence-electron chi connectivity index (χ3n) is 5.46. The van der Waals surface area contributed by atoms with Gasteiger partial charge in [0.25, 0.3) is 5.91 Å². The lowest BCUT2D eigenvalue weighted by molar-refractivity contribution is 0.0734. The van der Waals surface area contributed by atoms with Crippen LogP contribution in [0.3, 0.4) is 0 Å². The molecule has 5 rings (SSSR count). The first-order valence-electron chi connectivity index (χ1n) is 9.85. The van der Waals surface area contributed by atoms with E-state index in [4.69, 9.17) is 9.47 Å². The van der Waals surface area contributed by atoms with Gasteiger partial charge in [-0.25, -0.2) is 0 Å². The van der Waals surface area contributed by atoms with Crippen molar-refractivity contribution in [3.8, 4) is 5.75 Å². The minimum Gasteiger partial charge on any atom is -0.486 e. The number of hydrogen-bond acceptors (Lipinski definition) is 5. The number of amides is 1. The van der Waals surface area contributed by atoms with E-state index in [9.17, 15) is 4.79 Å². The number of fused-ring (bicyclic) bond motifs is 2. The lowest BCUT2D eigenvalue weighted by atomic mass is 9.99. The van der Waals surface area contributed by atoms with Crippen LogP contribution in [-0.2, 0) is 37.5 Å². The van der Waals surface area contributed by atoms with Gasteiger partial charge in [-0.1, -0.05) is 30.3 Å². The van der Waals surface area contributed by atoms with E-state index in [0.29, 0.717) is 37.7 Å². The highest BCUT2D eigenvalue weighted by Gasteiger charge is 2.22. The van der Waals surface area contributed by atoms with Gasteiger partial charge in [0.1, 0.15) is 19.0 Å². The van der Waals surface area contributed by atoms with E-state index in [1.54, 1.807) is 6.07 Å². The summed E-state index contributed by atoms with van der Waals surface area (Å²) in [7, 11) is 0. The van der Waals surface area contributed by atoms with Gasteiger partial charge in [0, 0.05) is 25.2 Å². The van der Waals surface area contributed by atoms with Crippen molar-refractivity contribution in [2.45, 2.75) is 32.7 Å². The molecule has 1 aromatic heterocycles. The van der Waals surface area contributed by atoms with Gasteiger partial charge in [0.2, 0.25) is 0 Å². The van der Waals surface area contributed by atoms with Crippen LogP contribution in [0.4, 0.5) is 0 Å². The predicted octanol–water partition coefficient (Wildman–Crippen LogP) is 2.59. The number of rotatable bonds is 4. The summed E-state index contributed by atoms with van der Waals surface area (Å²) < 4.78 is 13.3. The third kappa shape index (κ3) is 3.61. The molecular formula is C22H22N4O3. The van der Waals surface area contributed by atoms with Crippen molar-refractivity contribution in [1.82, 2.24) is 19.7 Å². The smallest absolute Gasteiger partial charge is 0.254 e. The molecule has 2 aliphatic rings. The molecule has 0 saturated heterocycles. The minimum absolute atomic E-state index is 0.0296. The maximum Gasteiger partial charge on any atom is 0.254 e. The van der Waals surface area contributed by atoms with Gasteiger partial charge in [0.15, 0.2) is 11.6 Å². The van der Waals surface area contributed by atoms with Crippen molar-refractivity contribution >= 4 is 5.91 Å². The van der Waals surface area contributed by atoms with Crippen molar-refractivity contribution in [2.24, 2.45) is 0 Å². The average Bonchev–Trinajstić information content (AvgIpc) is 3.20. The van der Waals surface area contributed by atoms with Gasteiger partial charge >= 0.3 is 0 Å². The Balaban J connectivity index is 1.27. The number of hydrogen-bond donors (Lipinski definition) is 0. The lowest BCUT2D eigenvalue weighted by Crippen LogP contribution is -2.35. The van der Waals surface area contributed by atoms with Crippen LogP contribution in [-0.4, -0.2) is 38.7 Å². The summed E-state index contributed by atoms with van der Waals surface area (Å²) in [5.74, 6) is 2.27. The number of carbonyl (C=O) groups excluding carboxylic acids is 1. The van der Waals surface area contributed by atoms with E-state index >= 15 is 0 Å². The molecule has 0 fully saturated rings. The zero-order valence-corrected chi connectivity index (χ0v) is 16.1. The normalized spacial score (nSPS) is 15.5. The molecule has 2 aliphatic heterocycles. The molecule has 2 aromatic carbocycles. The first-order valence-corrected chi connectivity index (χ1v) is 9.85. The van der Waals surface area contributed by atoms with E-state index < -0.39 is 0 Å². The zero-order chi connectivity index (χ0) is 19.6. The second kappa shape index (κ2) is 7.67. The Kier molecular flexibility index (Phi) is 4.73. The van der Waals surface area contributed by atoms with E-state index in [2.05, 4.69) is 28.4 Å². The Labute approximate surface area is 168 Å². The maximum absolute atomic E-state index is 13.0.